The zero-order valence-electron chi connectivity index (χ0n) is 6.43. The third kappa shape index (κ3) is 2.21. The Morgan fingerprint density at radius 3 is 2.62 bits per heavy atom. The molecule has 1 aromatic carbocycles. The highest BCUT2D eigenvalue weighted by molar-refractivity contribution is 9.10. The van der Waals surface area contributed by atoms with Gasteiger partial charge in [0.25, 0.3) is 0 Å². The topological polar surface area (TPSA) is 17.1 Å². The van der Waals surface area contributed by atoms with Crippen molar-refractivity contribution in [2.45, 2.75) is 0 Å². The molecular weight excluding hydrogens is 242 g/mol. The highest BCUT2D eigenvalue weighted by Gasteiger charge is 2.08. The first-order valence-corrected chi connectivity index (χ1v) is 4.21. The molecular formula is C9H5BrF2O. The molecule has 0 radical (unpaired) electrons. The van der Waals surface area contributed by atoms with E-state index in [2.05, 4.69) is 15.9 Å². The second-order valence-electron chi connectivity index (χ2n) is 2.26. The fourth-order valence-corrected chi connectivity index (χ4v) is 1.17. The molecule has 0 saturated carbocycles. The largest absolute Gasteiger partial charge is 0.299 e. The molecule has 0 fully saturated rings. The van der Waals surface area contributed by atoms with Gasteiger partial charge in [0, 0.05) is 5.56 Å². The monoisotopic (exact) mass is 246 g/mol. The lowest BCUT2D eigenvalue weighted by Crippen LogP contribution is -1.87. The molecule has 1 rings (SSSR count). The lowest BCUT2D eigenvalue weighted by Gasteiger charge is -1.99. The molecule has 1 nitrogen and oxygen atoms in total. The van der Waals surface area contributed by atoms with Crippen molar-refractivity contribution in [1.82, 2.24) is 0 Å². The van der Waals surface area contributed by atoms with Crippen LogP contribution in [0.3, 0.4) is 0 Å². The van der Waals surface area contributed by atoms with Crippen molar-refractivity contribution in [3.63, 3.8) is 0 Å². The van der Waals surface area contributed by atoms with Crippen LogP contribution >= 0.6 is 15.9 Å². The number of allylic oxidation sites excluding steroid dienone is 1. The van der Waals surface area contributed by atoms with E-state index >= 15 is 0 Å². The standard InChI is InChI=1S/C9H5BrF2O/c10-8-7(11)4-3-6(9(8)12)2-1-5-13/h1-5H/b2-1+. The molecule has 0 saturated heterocycles. The number of carbonyl (C=O) groups is 1. The maximum Gasteiger partial charge on any atom is 0.147 e. The molecule has 4 heteroatoms. The van der Waals surface area contributed by atoms with Crippen molar-refractivity contribution < 1.29 is 13.6 Å². The Hall–Kier alpha value is -1.03. The number of halogens is 3. The van der Waals surface area contributed by atoms with Crippen LogP contribution in [0.2, 0.25) is 0 Å². The molecule has 0 amide bonds. The third-order valence-electron chi connectivity index (χ3n) is 1.42. The number of benzene rings is 1. The van der Waals surface area contributed by atoms with Crippen LogP contribution in [0.4, 0.5) is 8.78 Å². The van der Waals surface area contributed by atoms with Gasteiger partial charge >= 0.3 is 0 Å². The van der Waals surface area contributed by atoms with Crippen LogP contribution in [0.15, 0.2) is 22.7 Å². The van der Waals surface area contributed by atoms with E-state index in [1.807, 2.05) is 0 Å². The number of hydrogen-bond acceptors (Lipinski definition) is 1. The van der Waals surface area contributed by atoms with E-state index < -0.39 is 11.6 Å². The summed E-state index contributed by atoms with van der Waals surface area (Å²) in [6.45, 7) is 0. The molecule has 1 aromatic rings. The van der Waals surface area contributed by atoms with Crippen molar-refractivity contribution >= 4 is 28.3 Å². The summed E-state index contributed by atoms with van der Waals surface area (Å²) in [5.41, 5.74) is 0.167. The average Bonchev–Trinajstić information content (AvgIpc) is 2.13. The van der Waals surface area contributed by atoms with Gasteiger partial charge in [-0.25, -0.2) is 8.78 Å². The zero-order valence-corrected chi connectivity index (χ0v) is 8.01. The first-order chi connectivity index (χ1) is 6.16. The van der Waals surface area contributed by atoms with Crippen LogP contribution in [0.5, 0.6) is 0 Å². The smallest absolute Gasteiger partial charge is 0.147 e. The number of aldehydes is 1. The number of hydrogen-bond donors (Lipinski definition) is 0. The van der Waals surface area contributed by atoms with Crippen molar-refractivity contribution in [1.29, 1.82) is 0 Å². The zero-order chi connectivity index (χ0) is 9.84. The van der Waals surface area contributed by atoms with E-state index in [9.17, 15) is 13.6 Å². The Morgan fingerprint density at radius 1 is 1.31 bits per heavy atom. The van der Waals surface area contributed by atoms with Crippen molar-refractivity contribution in [3.8, 4) is 0 Å². The van der Waals surface area contributed by atoms with Gasteiger partial charge in [-0.1, -0.05) is 0 Å². The van der Waals surface area contributed by atoms with E-state index in [1.54, 1.807) is 0 Å². The lowest BCUT2D eigenvalue weighted by molar-refractivity contribution is -0.104. The summed E-state index contributed by atoms with van der Waals surface area (Å²) in [7, 11) is 0. The minimum Gasteiger partial charge on any atom is -0.299 e. The lowest BCUT2D eigenvalue weighted by atomic mass is 10.2. The normalized spacial score (nSPS) is 10.7. The fraction of sp³-hybridized carbons (Fsp3) is 0. The Labute approximate surface area is 82.2 Å². The predicted octanol–water partition coefficient (Wildman–Crippen LogP) is 2.94. The first-order valence-electron chi connectivity index (χ1n) is 3.42. The molecule has 0 aliphatic carbocycles. The first kappa shape index (κ1) is 10.1. The summed E-state index contributed by atoms with van der Waals surface area (Å²) in [4.78, 5) is 9.95. The Morgan fingerprint density at radius 2 is 2.00 bits per heavy atom. The number of rotatable bonds is 2. The van der Waals surface area contributed by atoms with Gasteiger partial charge in [0.2, 0.25) is 0 Å². The fourth-order valence-electron chi connectivity index (χ4n) is 0.813. The predicted molar refractivity (Wildman–Crippen MR) is 49.2 cm³/mol. The summed E-state index contributed by atoms with van der Waals surface area (Å²) in [5, 5.41) is 0. The second-order valence-corrected chi connectivity index (χ2v) is 3.05. The van der Waals surface area contributed by atoms with E-state index in [0.29, 0.717) is 6.29 Å². The molecule has 0 aliphatic rings. The molecule has 0 unspecified atom stereocenters. The van der Waals surface area contributed by atoms with E-state index in [-0.39, 0.29) is 10.0 Å². The van der Waals surface area contributed by atoms with Crippen molar-refractivity contribution in [3.05, 3.63) is 39.9 Å². The maximum atomic E-state index is 13.1. The van der Waals surface area contributed by atoms with Crippen molar-refractivity contribution in [2.75, 3.05) is 0 Å². The summed E-state index contributed by atoms with van der Waals surface area (Å²) >= 11 is 2.75. The van der Waals surface area contributed by atoms with Crippen LogP contribution in [-0.4, -0.2) is 6.29 Å². The molecule has 0 heterocycles. The quantitative estimate of drug-likeness (QED) is 0.446. The summed E-state index contributed by atoms with van der Waals surface area (Å²) in [6, 6.07) is 2.38. The summed E-state index contributed by atoms with van der Waals surface area (Å²) in [6.07, 6.45) is 2.94. The minimum absolute atomic E-state index is 0.167. The highest BCUT2D eigenvalue weighted by Crippen LogP contribution is 2.23. The van der Waals surface area contributed by atoms with Crippen LogP contribution in [0, 0.1) is 11.6 Å². The second kappa shape index (κ2) is 4.28. The van der Waals surface area contributed by atoms with Gasteiger partial charge in [-0.3, -0.25) is 4.79 Å². The molecule has 0 aromatic heterocycles. The van der Waals surface area contributed by atoms with Gasteiger partial charge in [-0.15, -0.1) is 0 Å². The van der Waals surface area contributed by atoms with Gasteiger partial charge in [-0.2, -0.15) is 0 Å². The van der Waals surface area contributed by atoms with Gasteiger partial charge in [0.1, 0.15) is 17.9 Å². The summed E-state index contributed by atoms with van der Waals surface area (Å²) < 4.78 is 25.6. The maximum absolute atomic E-state index is 13.1. The van der Waals surface area contributed by atoms with Gasteiger partial charge in [0.15, 0.2) is 0 Å². The molecule has 0 N–H and O–H groups in total. The van der Waals surface area contributed by atoms with Crippen LogP contribution < -0.4 is 0 Å². The van der Waals surface area contributed by atoms with E-state index in [4.69, 9.17) is 0 Å². The van der Waals surface area contributed by atoms with Crippen molar-refractivity contribution in [2.24, 2.45) is 0 Å². The Kier molecular flexibility index (Phi) is 3.31. The molecule has 0 atom stereocenters. The molecule has 0 aliphatic heterocycles. The Balaban J connectivity index is 3.17. The van der Waals surface area contributed by atoms with Crippen LogP contribution in [0.25, 0.3) is 6.08 Å². The van der Waals surface area contributed by atoms with Gasteiger partial charge < -0.3 is 0 Å². The molecule has 0 bridgehead atoms. The highest BCUT2D eigenvalue weighted by atomic mass is 79.9. The number of carbonyl (C=O) groups excluding carboxylic acids is 1. The minimum atomic E-state index is -0.710. The molecule has 13 heavy (non-hydrogen) atoms. The average molecular weight is 247 g/mol. The van der Waals surface area contributed by atoms with E-state index in [1.165, 1.54) is 12.1 Å². The van der Waals surface area contributed by atoms with Crippen LogP contribution in [0.1, 0.15) is 5.56 Å². The molecule has 0 spiro atoms. The van der Waals surface area contributed by atoms with Gasteiger partial charge in [-0.05, 0) is 40.2 Å². The Bertz CT molecular complexity index is 361. The van der Waals surface area contributed by atoms with Crippen LogP contribution in [-0.2, 0) is 4.79 Å². The summed E-state index contributed by atoms with van der Waals surface area (Å²) in [5.74, 6) is -1.38. The van der Waals surface area contributed by atoms with E-state index in [0.717, 1.165) is 12.1 Å². The third-order valence-corrected chi connectivity index (χ3v) is 2.15. The SMILES string of the molecule is O=C/C=C/c1ccc(F)c(Br)c1F. The van der Waals surface area contributed by atoms with Gasteiger partial charge in [0.05, 0.1) is 4.47 Å². The molecule has 68 valence electrons.